The minimum Gasteiger partial charge on any atom is -0.305 e. The fourth-order valence-corrected chi connectivity index (χ4v) is 4.64. The maximum Gasteiger partial charge on any atom is 0.283 e. The molecule has 0 spiro atoms. The summed E-state index contributed by atoms with van der Waals surface area (Å²) in [5.74, 6) is -0.174. The van der Waals surface area contributed by atoms with E-state index >= 15 is 0 Å². The third-order valence-electron chi connectivity index (χ3n) is 6.35. The van der Waals surface area contributed by atoms with E-state index in [0.29, 0.717) is 41.8 Å². The highest BCUT2D eigenvalue weighted by Crippen LogP contribution is 2.39. The summed E-state index contributed by atoms with van der Waals surface area (Å²) in [5.41, 5.74) is 1.96. The highest BCUT2D eigenvalue weighted by atomic mass is 19.1. The van der Waals surface area contributed by atoms with Crippen LogP contribution in [-0.2, 0) is 6.54 Å². The lowest BCUT2D eigenvalue weighted by Crippen LogP contribution is -2.51. The number of carbonyl (C=O) groups excluding carboxylic acids is 1. The van der Waals surface area contributed by atoms with Crippen LogP contribution in [0.25, 0.3) is 11.4 Å². The Kier molecular flexibility index (Phi) is 5.20. The predicted octanol–water partition coefficient (Wildman–Crippen LogP) is 4.49. The average Bonchev–Trinajstić information content (AvgIpc) is 3.33. The molecular weight excluding hydrogens is 450 g/mol. The molecule has 0 saturated carbocycles. The fraction of sp³-hybridized carbons (Fsp3) is 0.308. The van der Waals surface area contributed by atoms with Crippen molar-refractivity contribution in [2.45, 2.75) is 39.8 Å². The molecule has 178 valence electrons. The number of hydrogen-bond acceptors (Lipinski definition) is 5. The van der Waals surface area contributed by atoms with E-state index in [1.807, 2.05) is 44.7 Å². The Labute approximate surface area is 201 Å². The number of anilines is 1. The Hall–Kier alpha value is -4.06. The summed E-state index contributed by atoms with van der Waals surface area (Å²) < 4.78 is 30.1. The first-order valence-corrected chi connectivity index (χ1v) is 11.4. The standard InChI is InChI=1S/C26H24F2N6O/c1-5-32-24(35)21-23(34-14-26(3,4)31-25(32)34)33(13-17-8-9-19(27)11-20(17)28)22(30-21)16-7-6-15(2)18(10-16)12-29/h6-11H,5,13-14H2,1-4H3. The highest BCUT2D eigenvalue weighted by molar-refractivity contribution is 6.18. The van der Waals surface area contributed by atoms with Gasteiger partial charge in [0.15, 0.2) is 5.69 Å². The molecule has 0 bridgehead atoms. The summed E-state index contributed by atoms with van der Waals surface area (Å²) in [5, 5.41) is 9.56. The van der Waals surface area contributed by atoms with Crippen LogP contribution in [-0.4, -0.2) is 44.9 Å². The maximum atomic E-state index is 14.7. The van der Waals surface area contributed by atoms with Gasteiger partial charge in [-0.1, -0.05) is 18.2 Å². The molecule has 1 amide bonds. The number of halogens is 2. The molecule has 1 aromatic heterocycles. The summed E-state index contributed by atoms with van der Waals surface area (Å²) in [7, 11) is 0. The van der Waals surface area contributed by atoms with Crippen LogP contribution in [0.5, 0.6) is 0 Å². The van der Waals surface area contributed by atoms with Gasteiger partial charge in [0.1, 0.15) is 23.3 Å². The first-order valence-electron chi connectivity index (χ1n) is 11.4. The number of benzene rings is 2. The van der Waals surface area contributed by atoms with Gasteiger partial charge >= 0.3 is 0 Å². The third kappa shape index (κ3) is 3.66. The molecule has 0 unspecified atom stereocenters. The van der Waals surface area contributed by atoms with Gasteiger partial charge in [-0.2, -0.15) is 5.26 Å². The molecular formula is C26H24F2N6O. The van der Waals surface area contributed by atoms with Crippen LogP contribution in [0.4, 0.5) is 14.6 Å². The van der Waals surface area contributed by atoms with E-state index in [4.69, 9.17) is 9.98 Å². The second kappa shape index (κ2) is 8.01. The molecule has 0 fully saturated rings. The highest BCUT2D eigenvalue weighted by Gasteiger charge is 2.45. The van der Waals surface area contributed by atoms with E-state index in [0.717, 1.165) is 11.6 Å². The first kappa shape index (κ1) is 22.7. The number of rotatable bonds is 4. The minimum atomic E-state index is -0.687. The molecule has 0 saturated heterocycles. The van der Waals surface area contributed by atoms with Crippen LogP contribution in [0.2, 0.25) is 0 Å². The molecule has 3 aromatic rings. The predicted molar refractivity (Wildman–Crippen MR) is 128 cm³/mol. The SMILES string of the molecule is CCN1C(=O)c2nc(-c3ccc(C)c(C#N)c3)n(Cc3ccc(F)cc3F)c2N2CC(C)(C)N=C12. The molecule has 7 nitrogen and oxygen atoms in total. The number of hydrogen-bond donors (Lipinski definition) is 0. The van der Waals surface area contributed by atoms with Gasteiger partial charge in [-0.05, 0) is 45.4 Å². The lowest BCUT2D eigenvalue weighted by atomic mass is 10.1. The molecule has 2 aliphatic heterocycles. The van der Waals surface area contributed by atoms with Crippen LogP contribution in [0.15, 0.2) is 41.4 Å². The quantitative estimate of drug-likeness (QED) is 0.558. The average molecular weight is 475 g/mol. The Morgan fingerprint density at radius 1 is 1.17 bits per heavy atom. The summed E-state index contributed by atoms with van der Waals surface area (Å²) >= 11 is 0. The van der Waals surface area contributed by atoms with Crippen molar-refractivity contribution in [3.05, 3.63) is 70.4 Å². The van der Waals surface area contributed by atoms with Gasteiger partial charge in [0.05, 0.1) is 30.3 Å². The molecule has 0 atom stereocenters. The summed E-state index contributed by atoms with van der Waals surface area (Å²) in [6, 6.07) is 11.0. The zero-order valence-electron chi connectivity index (χ0n) is 19.9. The van der Waals surface area contributed by atoms with Crippen molar-refractivity contribution in [2.24, 2.45) is 4.99 Å². The number of carbonyl (C=O) groups is 1. The summed E-state index contributed by atoms with van der Waals surface area (Å²) in [6.07, 6.45) is 0. The number of aromatic nitrogens is 2. The van der Waals surface area contributed by atoms with E-state index < -0.39 is 17.2 Å². The number of guanidine groups is 1. The van der Waals surface area contributed by atoms with Crippen LogP contribution < -0.4 is 4.90 Å². The van der Waals surface area contributed by atoms with Gasteiger partial charge in [-0.15, -0.1) is 0 Å². The van der Waals surface area contributed by atoms with E-state index in [1.54, 1.807) is 15.5 Å². The number of aryl methyl sites for hydroxylation is 1. The minimum absolute atomic E-state index is 0.0170. The van der Waals surface area contributed by atoms with Crippen molar-refractivity contribution in [1.82, 2.24) is 14.5 Å². The molecule has 9 heteroatoms. The van der Waals surface area contributed by atoms with Crippen LogP contribution in [0.3, 0.4) is 0 Å². The number of nitriles is 1. The molecule has 0 aliphatic carbocycles. The normalized spacial score (nSPS) is 16.1. The Morgan fingerprint density at radius 3 is 2.63 bits per heavy atom. The van der Waals surface area contributed by atoms with E-state index in [-0.39, 0.29) is 23.7 Å². The molecule has 5 rings (SSSR count). The van der Waals surface area contributed by atoms with Crippen LogP contribution in [0.1, 0.15) is 48.0 Å². The van der Waals surface area contributed by atoms with Gasteiger partial charge in [0, 0.05) is 23.7 Å². The van der Waals surface area contributed by atoms with Gasteiger partial charge in [-0.3, -0.25) is 14.6 Å². The van der Waals surface area contributed by atoms with Gasteiger partial charge < -0.3 is 4.57 Å². The number of aliphatic imine (C=N–C) groups is 1. The Balaban J connectivity index is 1.77. The molecule has 3 heterocycles. The van der Waals surface area contributed by atoms with Crippen LogP contribution in [0, 0.1) is 29.9 Å². The number of amides is 1. The third-order valence-corrected chi connectivity index (χ3v) is 6.35. The largest absolute Gasteiger partial charge is 0.305 e. The van der Waals surface area contributed by atoms with Crippen molar-refractivity contribution in [3.8, 4) is 17.5 Å². The fourth-order valence-electron chi connectivity index (χ4n) is 4.64. The monoisotopic (exact) mass is 474 g/mol. The van der Waals surface area contributed by atoms with Crippen molar-refractivity contribution >= 4 is 17.7 Å². The first-order chi connectivity index (χ1) is 16.6. The summed E-state index contributed by atoms with van der Waals surface area (Å²) in [4.78, 5) is 26.5. The molecule has 2 aromatic carbocycles. The number of imidazole rings is 1. The van der Waals surface area contributed by atoms with E-state index in [9.17, 15) is 18.8 Å². The molecule has 0 radical (unpaired) electrons. The van der Waals surface area contributed by atoms with Crippen molar-refractivity contribution < 1.29 is 13.6 Å². The zero-order valence-corrected chi connectivity index (χ0v) is 19.9. The van der Waals surface area contributed by atoms with Crippen LogP contribution >= 0.6 is 0 Å². The van der Waals surface area contributed by atoms with Crippen molar-refractivity contribution in [1.29, 1.82) is 5.26 Å². The lowest BCUT2D eigenvalue weighted by Gasteiger charge is -2.34. The topological polar surface area (TPSA) is 77.5 Å². The number of nitrogens with zero attached hydrogens (tertiary/aromatic N) is 6. The zero-order chi connectivity index (χ0) is 25.1. The Morgan fingerprint density at radius 2 is 1.94 bits per heavy atom. The second-order valence-corrected chi connectivity index (χ2v) is 9.43. The van der Waals surface area contributed by atoms with Gasteiger partial charge in [0.25, 0.3) is 5.91 Å². The smallest absolute Gasteiger partial charge is 0.283 e. The lowest BCUT2D eigenvalue weighted by molar-refractivity contribution is 0.0841. The molecule has 35 heavy (non-hydrogen) atoms. The van der Waals surface area contributed by atoms with Crippen molar-refractivity contribution in [3.63, 3.8) is 0 Å². The second-order valence-electron chi connectivity index (χ2n) is 9.43. The van der Waals surface area contributed by atoms with Gasteiger partial charge in [0.2, 0.25) is 5.96 Å². The summed E-state index contributed by atoms with van der Waals surface area (Å²) in [6.45, 7) is 8.62. The molecule has 0 N–H and O–H groups in total. The maximum absolute atomic E-state index is 14.7. The Bertz CT molecular complexity index is 1450. The number of fused-ring (bicyclic) bond motifs is 3. The van der Waals surface area contributed by atoms with E-state index in [1.165, 1.54) is 12.1 Å². The molecule has 2 aliphatic rings. The van der Waals surface area contributed by atoms with E-state index in [2.05, 4.69) is 6.07 Å². The van der Waals surface area contributed by atoms with Crippen molar-refractivity contribution in [2.75, 3.05) is 18.0 Å². The van der Waals surface area contributed by atoms with Gasteiger partial charge in [-0.25, -0.2) is 18.8 Å².